The predicted molar refractivity (Wildman–Crippen MR) is 82.0 cm³/mol. The fourth-order valence-electron chi connectivity index (χ4n) is 2.59. The Morgan fingerprint density at radius 3 is 2.28 bits per heavy atom. The first-order valence-electron chi connectivity index (χ1n) is 6.98. The van der Waals surface area contributed by atoms with Crippen LogP contribution in [0.25, 0.3) is 0 Å². The van der Waals surface area contributed by atoms with E-state index < -0.39 is 0 Å². The quantitative estimate of drug-likeness (QED) is 0.885. The average Bonchev–Trinajstić information content (AvgIpc) is 2.27. The van der Waals surface area contributed by atoms with Crippen molar-refractivity contribution in [2.75, 3.05) is 18.0 Å². The smallest absolute Gasteiger partial charge is 0.0377 e. The Morgan fingerprint density at radius 1 is 1.11 bits per heavy atom. The van der Waals surface area contributed by atoms with E-state index in [1.54, 1.807) is 0 Å². The van der Waals surface area contributed by atoms with Gasteiger partial charge in [-0.25, -0.2) is 0 Å². The lowest BCUT2D eigenvalue weighted by Crippen LogP contribution is -2.27. The van der Waals surface area contributed by atoms with E-state index in [-0.39, 0.29) is 6.04 Å². The minimum atomic E-state index is 0.0840. The zero-order valence-corrected chi connectivity index (χ0v) is 12.7. The molecule has 100 valence electrons. The zero-order chi connectivity index (χ0) is 13.0. The highest BCUT2D eigenvalue weighted by Crippen LogP contribution is 2.28. The first-order valence-corrected chi connectivity index (χ1v) is 7.78. The van der Waals surface area contributed by atoms with Gasteiger partial charge in [0.25, 0.3) is 0 Å². The Bertz CT molecular complexity index is 382. The van der Waals surface area contributed by atoms with Crippen LogP contribution in [0.5, 0.6) is 0 Å². The van der Waals surface area contributed by atoms with E-state index in [9.17, 15) is 0 Å². The van der Waals surface area contributed by atoms with E-state index in [1.807, 2.05) is 6.92 Å². The second-order valence-corrected chi connectivity index (χ2v) is 6.10. The van der Waals surface area contributed by atoms with Gasteiger partial charge in [0.05, 0.1) is 0 Å². The summed E-state index contributed by atoms with van der Waals surface area (Å²) in [6, 6.07) is 6.68. The third-order valence-corrected chi connectivity index (χ3v) is 4.38. The van der Waals surface area contributed by atoms with Crippen LogP contribution in [0.4, 0.5) is 5.69 Å². The van der Waals surface area contributed by atoms with Gasteiger partial charge >= 0.3 is 0 Å². The number of hydrogen-bond acceptors (Lipinski definition) is 2. The Balaban J connectivity index is 2.14. The Labute approximate surface area is 119 Å². The first kappa shape index (κ1) is 13.9. The molecule has 0 aromatic heterocycles. The molecular formula is C15H23BrN2. The number of halogens is 1. The van der Waals surface area contributed by atoms with Gasteiger partial charge in [-0.3, -0.25) is 0 Å². The Kier molecular flexibility index (Phi) is 5.07. The first-order chi connectivity index (χ1) is 8.68. The van der Waals surface area contributed by atoms with Gasteiger partial charge in [0.1, 0.15) is 0 Å². The molecule has 0 spiro atoms. The molecule has 1 heterocycles. The van der Waals surface area contributed by atoms with E-state index >= 15 is 0 Å². The molecule has 1 fully saturated rings. The lowest BCUT2D eigenvalue weighted by molar-refractivity contribution is 0.556. The lowest BCUT2D eigenvalue weighted by atomic mass is 10.1. The van der Waals surface area contributed by atoms with Crippen LogP contribution >= 0.6 is 15.9 Å². The molecule has 0 aliphatic carbocycles. The van der Waals surface area contributed by atoms with E-state index in [1.165, 1.54) is 56.4 Å². The van der Waals surface area contributed by atoms with Crippen molar-refractivity contribution < 1.29 is 0 Å². The molecule has 18 heavy (non-hydrogen) atoms. The van der Waals surface area contributed by atoms with Crippen molar-refractivity contribution in [2.45, 2.75) is 45.1 Å². The van der Waals surface area contributed by atoms with Crippen molar-refractivity contribution in [3.05, 3.63) is 28.2 Å². The molecule has 2 rings (SSSR count). The lowest BCUT2D eigenvalue weighted by Gasteiger charge is -2.27. The number of nitrogens with zero attached hydrogens (tertiary/aromatic N) is 1. The normalized spacial score (nSPS) is 19.2. The van der Waals surface area contributed by atoms with Gasteiger partial charge in [-0.15, -0.1) is 0 Å². The number of rotatable bonds is 2. The molecule has 0 radical (unpaired) electrons. The summed E-state index contributed by atoms with van der Waals surface area (Å²) in [4.78, 5) is 2.51. The summed E-state index contributed by atoms with van der Waals surface area (Å²) in [5, 5.41) is 0. The van der Waals surface area contributed by atoms with Crippen molar-refractivity contribution in [3.8, 4) is 0 Å². The predicted octanol–water partition coefficient (Wildman–Crippen LogP) is 4.24. The van der Waals surface area contributed by atoms with Crippen molar-refractivity contribution in [2.24, 2.45) is 5.73 Å². The van der Waals surface area contributed by atoms with Gasteiger partial charge in [0.15, 0.2) is 0 Å². The van der Waals surface area contributed by atoms with Crippen LogP contribution in [0.1, 0.15) is 50.6 Å². The van der Waals surface area contributed by atoms with Crippen molar-refractivity contribution in [1.82, 2.24) is 0 Å². The molecule has 1 unspecified atom stereocenters. The van der Waals surface area contributed by atoms with E-state index in [2.05, 4.69) is 39.0 Å². The largest absolute Gasteiger partial charge is 0.372 e. The molecule has 0 saturated carbocycles. The van der Waals surface area contributed by atoms with Gasteiger partial charge < -0.3 is 10.6 Å². The maximum atomic E-state index is 5.95. The number of anilines is 1. The molecule has 0 amide bonds. The minimum absolute atomic E-state index is 0.0840. The van der Waals surface area contributed by atoms with Crippen LogP contribution in [0, 0.1) is 0 Å². The molecule has 1 atom stereocenters. The maximum absolute atomic E-state index is 5.95. The SMILES string of the molecule is CC(N)c1ccc(N2CCCCCCC2)cc1Br. The van der Waals surface area contributed by atoms with Gasteiger partial charge in [-0.05, 0) is 37.5 Å². The summed E-state index contributed by atoms with van der Waals surface area (Å²) in [6.45, 7) is 4.39. The second kappa shape index (κ2) is 6.58. The third kappa shape index (κ3) is 3.48. The van der Waals surface area contributed by atoms with Crippen LogP contribution in [-0.2, 0) is 0 Å². The monoisotopic (exact) mass is 310 g/mol. The Hall–Kier alpha value is -0.540. The fraction of sp³-hybridized carbons (Fsp3) is 0.600. The number of benzene rings is 1. The highest BCUT2D eigenvalue weighted by atomic mass is 79.9. The molecule has 1 saturated heterocycles. The molecule has 2 N–H and O–H groups in total. The summed E-state index contributed by atoms with van der Waals surface area (Å²) >= 11 is 3.64. The third-order valence-electron chi connectivity index (χ3n) is 3.70. The molecule has 1 aromatic carbocycles. The van der Waals surface area contributed by atoms with Crippen LogP contribution in [0.2, 0.25) is 0 Å². The van der Waals surface area contributed by atoms with Gasteiger partial charge in [0, 0.05) is 29.3 Å². The summed E-state index contributed by atoms with van der Waals surface area (Å²) in [6.07, 6.45) is 6.77. The highest BCUT2D eigenvalue weighted by Gasteiger charge is 2.11. The van der Waals surface area contributed by atoms with Gasteiger partial charge in [-0.1, -0.05) is 41.3 Å². The van der Waals surface area contributed by atoms with Crippen molar-refractivity contribution >= 4 is 21.6 Å². The second-order valence-electron chi connectivity index (χ2n) is 5.25. The molecule has 0 bridgehead atoms. The summed E-state index contributed by atoms with van der Waals surface area (Å²) in [5.74, 6) is 0. The van der Waals surface area contributed by atoms with Crippen LogP contribution in [0.15, 0.2) is 22.7 Å². The molecule has 1 aliphatic rings. The number of nitrogens with two attached hydrogens (primary N) is 1. The molecule has 1 aromatic rings. The van der Waals surface area contributed by atoms with E-state index in [0.29, 0.717) is 0 Å². The van der Waals surface area contributed by atoms with Crippen LogP contribution in [-0.4, -0.2) is 13.1 Å². The number of hydrogen-bond donors (Lipinski definition) is 1. The summed E-state index contributed by atoms with van der Waals surface area (Å²) < 4.78 is 1.14. The maximum Gasteiger partial charge on any atom is 0.0377 e. The fourth-order valence-corrected chi connectivity index (χ4v) is 3.32. The molecule has 1 aliphatic heterocycles. The van der Waals surface area contributed by atoms with E-state index in [4.69, 9.17) is 5.73 Å². The minimum Gasteiger partial charge on any atom is -0.372 e. The van der Waals surface area contributed by atoms with Crippen LogP contribution < -0.4 is 10.6 Å². The van der Waals surface area contributed by atoms with Crippen molar-refractivity contribution in [1.29, 1.82) is 0 Å². The van der Waals surface area contributed by atoms with Gasteiger partial charge in [0.2, 0.25) is 0 Å². The molecule has 2 nitrogen and oxygen atoms in total. The highest BCUT2D eigenvalue weighted by molar-refractivity contribution is 9.10. The van der Waals surface area contributed by atoms with Crippen molar-refractivity contribution in [3.63, 3.8) is 0 Å². The zero-order valence-electron chi connectivity index (χ0n) is 11.2. The standard InChI is InChI=1S/C15H23BrN2/c1-12(17)14-8-7-13(11-15(14)16)18-9-5-3-2-4-6-10-18/h7-8,11-12H,2-6,9-10,17H2,1H3. The van der Waals surface area contributed by atoms with Crippen LogP contribution in [0.3, 0.4) is 0 Å². The molecular weight excluding hydrogens is 288 g/mol. The summed E-state index contributed by atoms with van der Waals surface area (Å²) in [7, 11) is 0. The van der Waals surface area contributed by atoms with E-state index in [0.717, 1.165) is 4.47 Å². The average molecular weight is 311 g/mol. The van der Waals surface area contributed by atoms with Gasteiger partial charge in [-0.2, -0.15) is 0 Å². The Morgan fingerprint density at radius 2 is 1.72 bits per heavy atom. The topological polar surface area (TPSA) is 29.3 Å². The molecule has 3 heteroatoms. The summed E-state index contributed by atoms with van der Waals surface area (Å²) in [5.41, 5.74) is 8.46.